The number of nitrogens with one attached hydrogen (secondary N) is 3. The molecule has 0 aliphatic carbocycles. The number of hydrogen-bond acceptors (Lipinski definition) is 7. The first-order valence-electron chi connectivity index (χ1n) is 14.5. The summed E-state index contributed by atoms with van der Waals surface area (Å²) in [5, 5.41) is 6.74. The van der Waals surface area contributed by atoms with Gasteiger partial charge in [0, 0.05) is 38.0 Å². The van der Waals surface area contributed by atoms with E-state index in [1.165, 1.54) is 6.26 Å². The van der Waals surface area contributed by atoms with Crippen LogP contribution in [0.1, 0.15) is 29.5 Å². The van der Waals surface area contributed by atoms with Gasteiger partial charge in [-0.25, -0.2) is 0 Å². The number of anilines is 1. The molecule has 0 saturated carbocycles. The molecule has 0 radical (unpaired) electrons. The Labute approximate surface area is 261 Å². The monoisotopic (exact) mass is 628 g/mol. The van der Waals surface area contributed by atoms with Gasteiger partial charge in [-0.2, -0.15) is 13.8 Å². The van der Waals surface area contributed by atoms with Crippen LogP contribution in [-0.2, 0) is 38.1 Å². The first-order valence-corrected chi connectivity index (χ1v) is 16.3. The molecule has 3 aromatic carbocycles. The predicted octanol–water partition coefficient (Wildman–Crippen LogP) is 3.48. The number of amides is 1. The van der Waals surface area contributed by atoms with Crippen LogP contribution < -0.4 is 25.0 Å². The van der Waals surface area contributed by atoms with E-state index in [0.717, 1.165) is 48.3 Å². The molecule has 0 bridgehead atoms. The predicted molar refractivity (Wildman–Crippen MR) is 175 cm³/mol. The first-order chi connectivity index (χ1) is 20.1. The lowest BCUT2D eigenvalue weighted by atomic mass is 9.75. The molecule has 1 amide bonds. The normalized spacial score (nSPS) is 19.7. The molecule has 2 aliphatic heterocycles. The second kappa shape index (κ2) is 13.8. The van der Waals surface area contributed by atoms with E-state index in [2.05, 4.69) is 16.1 Å². The van der Waals surface area contributed by atoms with Crippen LogP contribution >= 0.6 is 12.4 Å². The average Bonchev–Trinajstić information content (AvgIpc) is 3.25. The number of sulfonamides is 1. The largest absolute Gasteiger partial charge is 0.378 e. The molecule has 9 nitrogen and oxygen atoms in total. The summed E-state index contributed by atoms with van der Waals surface area (Å²) in [4.78, 5) is 16.1. The third-order valence-corrected chi connectivity index (χ3v) is 10.1. The zero-order chi connectivity index (χ0) is 29.8. The van der Waals surface area contributed by atoms with Gasteiger partial charge in [-0.1, -0.05) is 64.7 Å². The molecule has 2 unspecified atom stereocenters. The molecule has 0 aromatic heterocycles. The molecule has 3 aromatic rings. The molecule has 2 atom stereocenters. The Morgan fingerprint density at radius 3 is 2.28 bits per heavy atom. The summed E-state index contributed by atoms with van der Waals surface area (Å²) in [7, 11) is 0.164. The van der Waals surface area contributed by atoms with Gasteiger partial charge in [0.2, 0.25) is 0 Å². The van der Waals surface area contributed by atoms with Gasteiger partial charge in [-0.3, -0.25) is 10.1 Å². The second-order valence-corrected chi connectivity index (χ2v) is 13.7. The van der Waals surface area contributed by atoms with Crippen molar-refractivity contribution >= 4 is 39.7 Å². The smallest absolute Gasteiger partial charge is 0.321 e. The van der Waals surface area contributed by atoms with Crippen LogP contribution in [0.15, 0.2) is 78.9 Å². The Bertz CT molecular complexity index is 1480. The highest BCUT2D eigenvalue weighted by Crippen LogP contribution is 2.50. The van der Waals surface area contributed by atoms with E-state index in [1.807, 2.05) is 97.9 Å². The van der Waals surface area contributed by atoms with Gasteiger partial charge < -0.3 is 15.0 Å². The number of carbonyl (C=O) groups is 1. The minimum atomic E-state index is -3.81. The number of para-hydroxylation sites is 1. The average molecular weight is 629 g/mol. The third-order valence-electron chi connectivity index (χ3n) is 8.53. The fourth-order valence-corrected chi connectivity index (χ4v) is 7.40. The van der Waals surface area contributed by atoms with Crippen molar-refractivity contribution in [1.29, 1.82) is 0 Å². The highest BCUT2D eigenvalue weighted by atomic mass is 35.5. The second-order valence-electron chi connectivity index (χ2n) is 11.6. The van der Waals surface area contributed by atoms with Crippen molar-refractivity contribution < 1.29 is 17.9 Å². The van der Waals surface area contributed by atoms with Crippen LogP contribution in [0.3, 0.4) is 0 Å². The van der Waals surface area contributed by atoms with Gasteiger partial charge in [0.15, 0.2) is 5.69 Å². The van der Waals surface area contributed by atoms with Crippen molar-refractivity contribution in [3.63, 3.8) is 0 Å². The van der Waals surface area contributed by atoms with Crippen molar-refractivity contribution in [2.45, 2.75) is 37.5 Å². The number of hydrogen-bond donors (Lipinski definition) is 3. The van der Waals surface area contributed by atoms with Gasteiger partial charge in [0.05, 0.1) is 24.9 Å². The SMILES string of the molecule is CN(C)c1ccc(CNC(COCc2ccccc2)C(=O)N[N+]2(S(C)(=O)=O)CC3(CCNCC3)c3ccccc32)cc1.Cl. The lowest BCUT2D eigenvalue weighted by molar-refractivity contribution is -0.127. The lowest BCUT2D eigenvalue weighted by Crippen LogP contribution is -2.68. The van der Waals surface area contributed by atoms with Crippen LogP contribution in [0.2, 0.25) is 0 Å². The molecule has 11 heteroatoms. The Morgan fingerprint density at radius 1 is 0.977 bits per heavy atom. The number of piperidine rings is 1. The van der Waals surface area contributed by atoms with Crippen molar-refractivity contribution in [2.75, 3.05) is 51.5 Å². The number of nitrogens with zero attached hydrogens (tertiary/aromatic N) is 2. The maximum Gasteiger partial charge on any atom is 0.321 e. The molecule has 1 fully saturated rings. The van der Waals surface area contributed by atoms with Crippen LogP contribution in [0, 0.1) is 0 Å². The Morgan fingerprint density at radius 2 is 1.63 bits per heavy atom. The third kappa shape index (κ3) is 7.06. The van der Waals surface area contributed by atoms with Crippen molar-refractivity contribution in [3.05, 3.63) is 95.6 Å². The van der Waals surface area contributed by atoms with Crippen LogP contribution in [0.4, 0.5) is 11.4 Å². The molecule has 3 N–H and O–H groups in total. The number of halogens is 1. The summed E-state index contributed by atoms with van der Waals surface area (Å²) >= 11 is 0. The topological polar surface area (TPSA) is 99.8 Å². The Hall–Kier alpha value is -2.99. The molecule has 1 saturated heterocycles. The molecule has 43 heavy (non-hydrogen) atoms. The molecule has 2 aliphatic rings. The van der Waals surface area contributed by atoms with Crippen LogP contribution in [0.5, 0.6) is 0 Å². The van der Waals surface area contributed by atoms with Crippen LogP contribution in [0.25, 0.3) is 0 Å². The summed E-state index contributed by atoms with van der Waals surface area (Å²) < 4.78 is 32.7. The zero-order valence-electron chi connectivity index (χ0n) is 25.1. The fraction of sp³-hybridized carbons (Fsp3) is 0.406. The minimum absolute atomic E-state index is 0. The number of carbonyl (C=O) groups excluding carboxylic acids is 1. The standard InChI is InChI=1S/C32H41N5O4S.ClH/c1-36(2)27-15-13-25(14-16-27)21-34-29(23-41-22-26-9-5-4-6-10-26)31(38)35-37(42(3,39)40)24-32(17-19-33-20-18-32)28-11-7-8-12-30(28)37;/h4-16,29,33-34H,17-24H2,1-3H3;1H/p+1. The first kappa shape index (κ1) is 32.9. The molecule has 5 rings (SSSR count). The lowest BCUT2D eigenvalue weighted by Gasteiger charge is -2.36. The fourth-order valence-electron chi connectivity index (χ4n) is 6.15. The van der Waals surface area contributed by atoms with Crippen molar-refractivity contribution in [2.24, 2.45) is 0 Å². The van der Waals surface area contributed by atoms with Crippen molar-refractivity contribution in [3.8, 4) is 0 Å². The van der Waals surface area contributed by atoms with E-state index in [0.29, 0.717) is 18.8 Å². The highest BCUT2D eigenvalue weighted by Gasteiger charge is 2.60. The molecule has 232 valence electrons. The van der Waals surface area contributed by atoms with E-state index < -0.39 is 26.0 Å². The van der Waals surface area contributed by atoms with E-state index in [-0.39, 0.29) is 31.0 Å². The molecular weight excluding hydrogens is 586 g/mol. The summed E-state index contributed by atoms with van der Waals surface area (Å²) in [6.07, 6.45) is 2.82. The maximum atomic E-state index is 14.1. The Kier molecular flexibility index (Phi) is 10.5. The summed E-state index contributed by atoms with van der Waals surface area (Å²) in [6, 6.07) is 24.8. The summed E-state index contributed by atoms with van der Waals surface area (Å²) in [5.41, 5.74) is 7.39. The molecular formula is C32H43ClN5O4S+. The van der Waals surface area contributed by atoms with Crippen molar-refractivity contribution in [1.82, 2.24) is 20.1 Å². The quantitative estimate of drug-likeness (QED) is 0.280. The zero-order valence-corrected chi connectivity index (χ0v) is 26.7. The van der Waals surface area contributed by atoms with Gasteiger partial charge in [0.1, 0.15) is 12.6 Å². The number of fused-ring (bicyclic) bond motifs is 2. The van der Waals surface area contributed by atoms with Gasteiger partial charge in [-0.05, 0) is 49.2 Å². The van der Waals surface area contributed by atoms with E-state index >= 15 is 0 Å². The molecule has 2 heterocycles. The number of quaternary nitrogens is 1. The maximum absolute atomic E-state index is 14.1. The van der Waals surface area contributed by atoms with Gasteiger partial charge in [0.25, 0.3) is 5.91 Å². The summed E-state index contributed by atoms with van der Waals surface area (Å²) in [6.45, 7) is 2.71. The molecule has 1 spiro atoms. The number of rotatable bonds is 11. The minimum Gasteiger partial charge on any atom is -0.378 e. The van der Waals surface area contributed by atoms with E-state index in [1.54, 1.807) is 0 Å². The van der Waals surface area contributed by atoms with Gasteiger partial charge >= 0.3 is 10.0 Å². The van der Waals surface area contributed by atoms with E-state index in [9.17, 15) is 13.2 Å². The number of benzene rings is 3. The number of ether oxygens (including phenoxy) is 1. The van der Waals surface area contributed by atoms with Crippen LogP contribution in [-0.4, -0.2) is 67.0 Å². The Balaban J connectivity index is 0.00000423. The highest BCUT2D eigenvalue weighted by molar-refractivity contribution is 7.90. The van der Waals surface area contributed by atoms with Gasteiger partial charge in [-0.15, -0.1) is 12.4 Å². The summed E-state index contributed by atoms with van der Waals surface area (Å²) in [5.74, 6) is -0.417. The van der Waals surface area contributed by atoms with E-state index in [4.69, 9.17) is 4.74 Å².